The number of hydrogen-bond donors (Lipinski definition) is 2. The zero-order chi connectivity index (χ0) is 18.4. The minimum absolute atomic E-state index is 0.0127. The number of fused-ring (bicyclic) bond motifs is 2. The van der Waals surface area contributed by atoms with E-state index in [-0.39, 0.29) is 11.9 Å². The van der Waals surface area contributed by atoms with E-state index < -0.39 is 0 Å². The highest BCUT2D eigenvalue weighted by molar-refractivity contribution is 5.95. The summed E-state index contributed by atoms with van der Waals surface area (Å²) in [6, 6.07) is 7.79. The van der Waals surface area contributed by atoms with Crippen LogP contribution in [0.2, 0.25) is 0 Å². The SMILES string of the molecule is Cn1ncc2c(N[C@H]3CC(=O)Nc4ccccc43)nc(C3CCCC3)nc21. The number of anilines is 2. The third-order valence-electron chi connectivity index (χ3n) is 5.64. The summed E-state index contributed by atoms with van der Waals surface area (Å²) in [6.45, 7) is 0. The minimum atomic E-state index is -0.121. The maximum absolute atomic E-state index is 12.2. The van der Waals surface area contributed by atoms with Gasteiger partial charge in [-0.25, -0.2) is 9.97 Å². The van der Waals surface area contributed by atoms with Crippen LogP contribution in [0.25, 0.3) is 11.0 Å². The number of nitrogens with one attached hydrogen (secondary N) is 2. The van der Waals surface area contributed by atoms with Crippen molar-refractivity contribution in [2.45, 2.75) is 44.1 Å². The normalized spacial score (nSPS) is 19.9. The molecule has 0 saturated heterocycles. The number of para-hydroxylation sites is 1. The van der Waals surface area contributed by atoms with Crippen molar-refractivity contribution in [2.24, 2.45) is 7.05 Å². The maximum Gasteiger partial charge on any atom is 0.226 e. The van der Waals surface area contributed by atoms with E-state index in [1.165, 1.54) is 12.8 Å². The molecule has 1 fully saturated rings. The van der Waals surface area contributed by atoms with Crippen molar-refractivity contribution < 1.29 is 4.79 Å². The second kappa shape index (κ2) is 6.33. The van der Waals surface area contributed by atoms with E-state index >= 15 is 0 Å². The molecule has 1 saturated carbocycles. The molecular formula is C20H22N6O. The molecule has 5 rings (SSSR count). The van der Waals surface area contributed by atoms with Crippen LogP contribution in [0.3, 0.4) is 0 Å². The van der Waals surface area contributed by atoms with Crippen LogP contribution in [0, 0.1) is 0 Å². The van der Waals surface area contributed by atoms with Gasteiger partial charge in [0.2, 0.25) is 5.91 Å². The number of carbonyl (C=O) groups is 1. The van der Waals surface area contributed by atoms with Crippen LogP contribution in [0.4, 0.5) is 11.5 Å². The summed E-state index contributed by atoms with van der Waals surface area (Å²) in [4.78, 5) is 21.9. The summed E-state index contributed by atoms with van der Waals surface area (Å²) in [7, 11) is 1.90. The first-order valence-corrected chi connectivity index (χ1v) is 9.54. The van der Waals surface area contributed by atoms with Gasteiger partial charge in [-0.2, -0.15) is 5.10 Å². The van der Waals surface area contributed by atoms with Crippen molar-refractivity contribution in [1.29, 1.82) is 0 Å². The summed E-state index contributed by atoms with van der Waals surface area (Å²) >= 11 is 0. The lowest BCUT2D eigenvalue weighted by Crippen LogP contribution is -2.27. The fourth-order valence-corrected chi connectivity index (χ4v) is 4.22. The van der Waals surface area contributed by atoms with E-state index in [2.05, 4.69) is 15.7 Å². The molecule has 138 valence electrons. The third-order valence-corrected chi connectivity index (χ3v) is 5.64. The van der Waals surface area contributed by atoms with Gasteiger partial charge in [0.05, 0.1) is 24.0 Å². The van der Waals surface area contributed by atoms with Gasteiger partial charge < -0.3 is 10.6 Å². The first-order valence-electron chi connectivity index (χ1n) is 9.54. The van der Waals surface area contributed by atoms with E-state index in [1.54, 1.807) is 10.9 Å². The Balaban J connectivity index is 1.58. The standard InChI is InChI=1S/C20H22N6O/c1-26-20-14(11-21-26)19(24-18(25-20)12-6-2-3-7-12)23-16-10-17(27)22-15-9-5-4-8-13(15)16/h4-5,8-9,11-12,16H,2-3,6-7,10H2,1H3,(H,22,27)(H,23,24,25)/t16-/m0/s1. The van der Waals surface area contributed by atoms with E-state index in [9.17, 15) is 4.79 Å². The first kappa shape index (κ1) is 16.2. The van der Waals surface area contributed by atoms with Crippen molar-refractivity contribution in [3.63, 3.8) is 0 Å². The lowest BCUT2D eigenvalue weighted by molar-refractivity contribution is -0.116. The molecule has 3 heterocycles. The molecular weight excluding hydrogens is 340 g/mol. The van der Waals surface area contributed by atoms with Gasteiger partial charge in [-0.1, -0.05) is 31.0 Å². The van der Waals surface area contributed by atoms with Crippen molar-refractivity contribution in [2.75, 3.05) is 10.6 Å². The van der Waals surface area contributed by atoms with Gasteiger partial charge in [0.1, 0.15) is 11.6 Å². The Hall–Kier alpha value is -2.96. The molecule has 1 aromatic carbocycles. The molecule has 3 aromatic rings. The van der Waals surface area contributed by atoms with Gasteiger partial charge >= 0.3 is 0 Å². The molecule has 2 N–H and O–H groups in total. The van der Waals surface area contributed by atoms with Crippen LogP contribution in [0.5, 0.6) is 0 Å². The zero-order valence-electron chi connectivity index (χ0n) is 15.3. The van der Waals surface area contributed by atoms with Crippen LogP contribution in [-0.2, 0) is 11.8 Å². The predicted molar refractivity (Wildman–Crippen MR) is 104 cm³/mol. The summed E-state index contributed by atoms with van der Waals surface area (Å²) in [5, 5.41) is 11.7. The summed E-state index contributed by atoms with van der Waals surface area (Å²) in [6.07, 6.45) is 6.91. The fourth-order valence-electron chi connectivity index (χ4n) is 4.22. The molecule has 0 unspecified atom stereocenters. The van der Waals surface area contributed by atoms with Crippen molar-refractivity contribution in [3.05, 3.63) is 41.9 Å². The Morgan fingerprint density at radius 2 is 2.00 bits per heavy atom. The fraction of sp³-hybridized carbons (Fsp3) is 0.400. The predicted octanol–water partition coefficient (Wildman–Crippen LogP) is 3.52. The van der Waals surface area contributed by atoms with Crippen LogP contribution in [0.15, 0.2) is 30.5 Å². The first-order chi connectivity index (χ1) is 13.2. The second-order valence-corrected chi connectivity index (χ2v) is 7.45. The number of carbonyl (C=O) groups excluding carboxylic acids is 1. The highest BCUT2D eigenvalue weighted by Gasteiger charge is 2.27. The Morgan fingerprint density at radius 1 is 1.19 bits per heavy atom. The van der Waals surface area contributed by atoms with Gasteiger partial charge in [-0.15, -0.1) is 0 Å². The third kappa shape index (κ3) is 2.83. The van der Waals surface area contributed by atoms with Crippen LogP contribution >= 0.6 is 0 Å². The van der Waals surface area contributed by atoms with Gasteiger partial charge in [0, 0.05) is 18.7 Å². The summed E-state index contributed by atoms with van der Waals surface area (Å²) in [5.74, 6) is 2.08. The van der Waals surface area contributed by atoms with Crippen LogP contribution < -0.4 is 10.6 Å². The largest absolute Gasteiger partial charge is 0.362 e. The Bertz CT molecular complexity index is 1020. The summed E-state index contributed by atoms with van der Waals surface area (Å²) < 4.78 is 1.79. The smallest absolute Gasteiger partial charge is 0.226 e. The number of aryl methyl sites for hydroxylation is 1. The quantitative estimate of drug-likeness (QED) is 0.745. The number of aromatic nitrogens is 4. The molecule has 1 aliphatic carbocycles. The average Bonchev–Trinajstić information content (AvgIpc) is 3.32. The second-order valence-electron chi connectivity index (χ2n) is 7.45. The number of hydrogen-bond acceptors (Lipinski definition) is 5. The van der Waals surface area contributed by atoms with Gasteiger partial charge in [-0.05, 0) is 24.5 Å². The molecule has 7 nitrogen and oxygen atoms in total. The lowest BCUT2D eigenvalue weighted by atomic mass is 9.97. The van der Waals surface area contributed by atoms with Gasteiger partial charge in [0.25, 0.3) is 0 Å². The number of nitrogens with zero attached hydrogens (tertiary/aromatic N) is 4. The number of benzene rings is 1. The molecule has 1 atom stereocenters. The molecule has 0 spiro atoms. The van der Waals surface area contributed by atoms with Crippen molar-refractivity contribution >= 4 is 28.4 Å². The number of amides is 1. The monoisotopic (exact) mass is 362 g/mol. The summed E-state index contributed by atoms with van der Waals surface area (Å²) in [5.41, 5.74) is 2.77. The molecule has 7 heteroatoms. The Morgan fingerprint density at radius 3 is 2.85 bits per heavy atom. The van der Waals surface area contributed by atoms with E-state index in [0.717, 1.165) is 46.8 Å². The van der Waals surface area contributed by atoms with Crippen LogP contribution in [-0.4, -0.2) is 25.7 Å². The molecule has 0 radical (unpaired) electrons. The van der Waals surface area contributed by atoms with Crippen molar-refractivity contribution in [3.8, 4) is 0 Å². The molecule has 2 aliphatic rings. The Kier molecular flexibility index (Phi) is 3.81. The van der Waals surface area contributed by atoms with Gasteiger partial charge in [-0.3, -0.25) is 9.48 Å². The minimum Gasteiger partial charge on any atom is -0.362 e. The molecule has 1 aliphatic heterocycles. The van der Waals surface area contributed by atoms with E-state index in [1.807, 2.05) is 31.3 Å². The molecule has 1 amide bonds. The zero-order valence-corrected chi connectivity index (χ0v) is 15.3. The molecule has 0 bridgehead atoms. The highest BCUT2D eigenvalue weighted by atomic mass is 16.1. The Labute approximate surface area is 157 Å². The molecule has 27 heavy (non-hydrogen) atoms. The van der Waals surface area contributed by atoms with E-state index in [4.69, 9.17) is 9.97 Å². The van der Waals surface area contributed by atoms with Crippen molar-refractivity contribution in [1.82, 2.24) is 19.7 Å². The lowest BCUT2D eigenvalue weighted by Gasteiger charge is -2.27. The van der Waals surface area contributed by atoms with Gasteiger partial charge in [0.15, 0.2) is 5.65 Å². The molecule has 2 aromatic heterocycles. The highest BCUT2D eigenvalue weighted by Crippen LogP contribution is 2.36. The maximum atomic E-state index is 12.2. The average molecular weight is 362 g/mol. The van der Waals surface area contributed by atoms with E-state index in [0.29, 0.717) is 12.3 Å². The topological polar surface area (TPSA) is 84.7 Å². The number of rotatable bonds is 3. The van der Waals surface area contributed by atoms with Crippen LogP contribution in [0.1, 0.15) is 55.5 Å².